The Hall–Kier alpha value is -1.04. The summed E-state index contributed by atoms with van der Waals surface area (Å²) in [4.78, 5) is 12.1. The zero-order valence-electron chi connectivity index (χ0n) is 9.59. The van der Waals surface area contributed by atoms with Crippen molar-refractivity contribution in [1.29, 1.82) is 0 Å². The van der Waals surface area contributed by atoms with Crippen LogP contribution in [0.5, 0.6) is 0 Å². The third kappa shape index (κ3) is 2.53. The van der Waals surface area contributed by atoms with Gasteiger partial charge in [-0.15, -0.1) is 0 Å². The molecule has 1 heterocycles. The molecule has 1 aliphatic heterocycles. The van der Waals surface area contributed by atoms with E-state index in [1.165, 1.54) is 0 Å². The number of fused-ring (bicyclic) bond motifs is 1. The van der Waals surface area contributed by atoms with Crippen LogP contribution in [0.3, 0.4) is 0 Å². The second-order valence-electron chi connectivity index (χ2n) is 4.43. The number of benzene rings is 1. The van der Waals surface area contributed by atoms with Crippen molar-refractivity contribution in [3.8, 4) is 0 Å². The maximum absolute atomic E-state index is 12.4. The molecular formula is C12H11BrF3NO. The summed E-state index contributed by atoms with van der Waals surface area (Å²) in [7, 11) is 0. The van der Waals surface area contributed by atoms with Gasteiger partial charge in [0.2, 0.25) is 0 Å². The number of hydrogen-bond acceptors (Lipinski definition) is 1. The van der Waals surface area contributed by atoms with Gasteiger partial charge in [-0.2, -0.15) is 13.2 Å². The standard InChI is InChI=1S/C12H11BrF3NO/c1-7-5-17(11(18)12(14,15)16)6-8-4-9(13)2-3-10(7)8/h2-4,7H,5-6H2,1H3. The van der Waals surface area contributed by atoms with Crippen molar-refractivity contribution < 1.29 is 18.0 Å². The highest BCUT2D eigenvalue weighted by Crippen LogP contribution is 2.32. The first-order chi connectivity index (χ1) is 8.29. The van der Waals surface area contributed by atoms with E-state index in [0.29, 0.717) is 0 Å². The minimum Gasteiger partial charge on any atom is -0.330 e. The van der Waals surface area contributed by atoms with Crippen molar-refractivity contribution in [2.24, 2.45) is 0 Å². The average molecular weight is 322 g/mol. The lowest BCUT2D eigenvalue weighted by atomic mass is 9.91. The molecule has 2 nitrogen and oxygen atoms in total. The number of rotatable bonds is 0. The topological polar surface area (TPSA) is 20.3 Å². The molecule has 0 aromatic heterocycles. The third-order valence-corrected chi connectivity index (χ3v) is 3.51. The molecule has 1 aromatic rings. The molecule has 0 N–H and O–H groups in total. The molecule has 0 saturated carbocycles. The molecule has 98 valence electrons. The Kier molecular flexibility index (Phi) is 3.40. The van der Waals surface area contributed by atoms with Crippen molar-refractivity contribution in [2.45, 2.75) is 25.6 Å². The number of halogens is 4. The fourth-order valence-electron chi connectivity index (χ4n) is 2.23. The highest BCUT2D eigenvalue weighted by atomic mass is 79.9. The zero-order chi connectivity index (χ0) is 13.5. The lowest BCUT2D eigenvalue weighted by molar-refractivity contribution is -0.186. The van der Waals surface area contributed by atoms with E-state index >= 15 is 0 Å². The molecule has 1 aliphatic rings. The molecule has 0 aliphatic carbocycles. The Morgan fingerprint density at radius 3 is 2.72 bits per heavy atom. The van der Waals surface area contributed by atoms with E-state index < -0.39 is 12.1 Å². The van der Waals surface area contributed by atoms with Gasteiger partial charge in [-0.1, -0.05) is 28.9 Å². The van der Waals surface area contributed by atoms with E-state index in [-0.39, 0.29) is 19.0 Å². The van der Waals surface area contributed by atoms with Crippen molar-refractivity contribution in [3.05, 3.63) is 33.8 Å². The molecule has 0 bridgehead atoms. The number of hydrogen-bond donors (Lipinski definition) is 0. The number of nitrogens with zero attached hydrogens (tertiary/aromatic N) is 1. The van der Waals surface area contributed by atoms with Crippen LogP contribution in [0.4, 0.5) is 13.2 Å². The molecule has 0 saturated heterocycles. The smallest absolute Gasteiger partial charge is 0.330 e. The van der Waals surface area contributed by atoms with Crippen LogP contribution in [0.15, 0.2) is 22.7 Å². The van der Waals surface area contributed by atoms with Crippen LogP contribution in [-0.2, 0) is 11.3 Å². The molecule has 1 unspecified atom stereocenters. The maximum atomic E-state index is 12.4. The van der Waals surface area contributed by atoms with Crippen LogP contribution in [0, 0.1) is 0 Å². The summed E-state index contributed by atoms with van der Waals surface area (Å²) in [5.74, 6) is -1.85. The van der Waals surface area contributed by atoms with Crippen molar-refractivity contribution in [3.63, 3.8) is 0 Å². The lowest BCUT2D eigenvalue weighted by Gasteiger charge is -2.33. The molecular weight excluding hydrogens is 311 g/mol. The summed E-state index contributed by atoms with van der Waals surface area (Å²) in [5.41, 5.74) is 1.77. The predicted octanol–water partition coefficient (Wildman–Crippen LogP) is 3.46. The van der Waals surface area contributed by atoms with Gasteiger partial charge in [0.1, 0.15) is 0 Å². The Morgan fingerprint density at radius 2 is 2.11 bits per heavy atom. The SMILES string of the molecule is CC1CN(C(=O)C(F)(F)F)Cc2cc(Br)ccc21. The Morgan fingerprint density at radius 1 is 1.44 bits per heavy atom. The van der Waals surface area contributed by atoms with Gasteiger partial charge in [0.05, 0.1) is 0 Å². The van der Waals surface area contributed by atoms with Gasteiger partial charge >= 0.3 is 12.1 Å². The Bertz CT molecular complexity index is 487. The van der Waals surface area contributed by atoms with Gasteiger partial charge in [0.25, 0.3) is 0 Å². The first-order valence-electron chi connectivity index (χ1n) is 5.43. The van der Waals surface area contributed by atoms with Crippen LogP contribution in [0.2, 0.25) is 0 Å². The van der Waals surface area contributed by atoms with Crippen LogP contribution >= 0.6 is 15.9 Å². The summed E-state index contributed by atoms with van der Waals surface area (Å²) in [5, 5.41) is 0. The first kappa shape index (κ1) is 13.4. The Labute approximate surface area is 111 Å². The van der Waals surface area contributed by atoms with Gasteiger partial charge in [-0.25, -0.2) is 0 Å². The van der Waals surface area contributed by atoms with Crippen LogP contribution in [0.1, 0.15) is 24.0 Å². The first-order valence-corrected chi connectivity index (χ1v) is 6.22. The minimum atomic E-state index is -4.80. The lowest BCUT2D eigenvalue weighted by Crippen LogP contribution is -2.44. The van der Waals surface area contributed by atoms with Gasteiger partial charge in [0, 0.05) is 17.6 Å². The van der Waals surface area contributed by atoms with Crippen LogP contribution in [0.25, 0.3) is 0 Å². The summed E-state index contributed by atoms with van der Waals surface area (Å²) in [6.45, 7) is 1.94. The number of alkyl halides is 3. The summed E-state index contributed by atoms with van der Waals surface area (Å²) in [6.07, 6.45) is -4.80. The maximum Gasteiger partial charge on any atom is 0.471 e. The zero-order valence-corrected chi connectivity index (χ0v) is 11.2. The van der Waals surface area contributed by atoms with Crippen molar-refractivity contribution >= 4 is 21.8 Å². The van der Waals surface area contributed by atoms with Gasteiger partial charge < -0.3 is 4.90 Å². The van der Waals surface area contributed by atoms with Gasteiger partial charge in [-0.05, 0) is 29.2 Å². The average Bonchev–Trinajstić information content (AvgIpc) is 2.25. The Balaban J connectivity index is 2.30. The normalized spacial score (nSPS) is 19.6. The molecule has 1 amide bonds. The van der Waals surface area contributed by atoms with E-state index in [1.807, 2.05) is 19.1 Å². The molecule has 0 spiro atoms. The molecule has 18 heavy (non-hydrogen) atoms. The summed E-state index contributed by atoms with van der Waals surface area (Å²) < 4.78 is 38.0. The number of carbonyl (C=O) groups excluding carboxylic acids is 1. The predicted molar refractivity (Wildman–Crippen MR) is 64.0 cm³/mol. The highest BCUT2D eigenvalue weighted by molar-refractivity contribution is 9.10. The number of carbonyl (C=O) groups is 1. The monoisotopic (exact) mass is 321 g/mol. The molecule has 2 rings (SSSR count). The molecule has 0 fully saturated rings. The van der Waals surface area contributed by atoms with E-state index in [1.54, 1.807) is 6.07 Å². The van der Waals surface area contributed by atoms with Gasteiger partial charge in [-0.3, -0.25) is 4.79 Å². The van der Waals surface area contributed by atoms with Crippen LogP contribution < -0.4 is 0 Å². The molecule has 1 atom stereocenters. The summed E-state index contributed by atoms with van der Waals surface area (Å²) in [6, 6.07) is 5.51. The number of amides is 1. The van der Waals surface area contributed by atoms with Gasteiger partial charge in [0.15, 0.2) is 0 Å². The fourth-order valence-corrected chi connectivity index (χ4v) is 2.63. The summed E-state index contributed by atoms with van der Waals surface area (Å²) >= 11 is 3.28. The van der Waals surface area contributed by atoms with E-state index in [4.69, 9.17) is 0 Å². The molecule has 6 heteroatoms. The minimum absolute atomic E-state index is 0.0114. The van der Waals surface area contributed by atoms with E-state index in [0.717, 1.165) is 20.5 Å². The van der Waals surface area contributed by atoms with Crippen molar-refractivity contribution in [2.75, 3.05) is 6.54 Å². The van der Waals surface area contributed by atoms with E-state index in [2.05, 4.69) is 15.9 Å². The van der Waals surface area contributed by atoms with E-state index in [9.17, 15) is 18.0 Å². The third-order valence-electron chi connectivity index (χ3n) is 3.02. The quantitative estimate of drug-likeness (QED) is 0.716. The second-order valence-corrected chi connectivity index (χ2v) is 5.34. The van der Waals surface area contributed by atoms with Crippen molar-refractivity contribution in [1.82, 2.24) is 4.90 Å². The van der Waals surface area contributed by atoms with Crippen LogP contribution in [-0.4, -0.2) is 23.5 Å². The fraction of sp³-hybridized carbons (Fsp3) is 0.417. The molecule has 0 radical (unpaired) electrons. The largest absolute Gasteiger partial charge is 0.471 e. The second kappa shape index (κ2) is 4.57. The highest BCUT2D eigenvalue weighted by Gasteiger charge is 2.43. The molecule has 1 aromatic carbocycles.